The van der Waals surface area contributed by atoms with Crippen LogP contribution in [0.2, 0.25) is 5.02 Å². The van der Waals surface area contributed by atoms with Gasteiger partial charge in [-0.3, -0.25) is 14.7 Å². The second-order valence-corrected chi connectivity index (χ2v) is 7.19. The zero-order valence-electron chi connectivity index (χ0n) is 15.8. The van der Waals surface area contributed by atoms with E-state index in [1.807, 2.05) is 36.2 Å². The summed E-state index contributed by atoms with van der Waals surface area (Å²) in [5.41, 5.74) is 3.35. The number of pyridine rings is 1. The van der Waals surface area contributed by atoms with E-state index in [9.17, 15) is 4.79 Å². The number of hydrogen-bond acceptors (Lipinski definition) is 5. The van der Waals surface area contributed by atoms with Crippen molar-refractivity contribution >= 4 is 34.1 Å². The Hall–Kier alpha value is -3.29. The van der Waals surface area contributed by atoms with Gasteiger partial charge in [-0.1, -0.05) is 23.7 Å². The maximum Gasteiger partial charge on any atom is 0.238 e. The summed E-state index contributed by atoms with van der Waals surface area (Å²) in [5, 5.41) is 8.66. The first-order chi connectivity index (χ1) is 14.1. The van der Waals surface area contributed by atoms with Crippen molar-refractivity contribution < 1.29 is 4.79 Å². The fraction of sp³-hybridized carbons (Fsp3) is 0.143. The van der Waals surface area contributed by atoms with Crippen molar-refractivity contribution in [1.29, 1.82) is 0 Å². The third-order valence-electron chi connectivity index (χ3n) is 4.43. The van der Waals surface area contributed by atoms with E-state index in [2.05, 4.69) is 26.4 Å². The number of nitrogens with one attached hydrogen (secondary N) is 1. The van der Waals surface area contributed by atoms with Crippen molar-refractivity contribution in [3.05, 3.63) is 78.0 Å². The molecule has 0 spiro atoms. The van der Waals surface area contributed by atoms with Crippen LogP contribution in [-0.2, 0) is 11.3 Å². The van der Waals surface area contributed by atoms with Gasteiger partial charge in [-0.05, 0) is 49.0 Å². The maximum absolute atomic E-state index is 12.6. The van der Waals surface area contributed by atoms with Crippen molar-refractivity contribution in [2.45, 2.75) is 6.54 Å². The summed E-state index contributed by atoms with van der Waals surface area (Å²) in [6.45, 7) is 0.873. The number of nitrogens with zero attached hydrogens (tertiary/aromatic N) is 5. The lowest BCUT2D eigenvalue weighted by molar-refractivity contribution is -0.117. The number of halogens is 1. The summed E-state index contributed by atoms with van der Waals surface area (Å²) in [4.78, 5) is 22.8. The predicted octanol–water partition coefficient (Wildman–Crippen LogP) is 3.54. The van der Waals surface area contributed by atoms with E-state index in [0.717, 1.165) is 16.5 Å². The summed E-state index contributed by atoms with van der Waals surface area (Å²) in [6, 6.07) is 15.3. The van der Waals surface area contributed by atoms with E-state index in [1.54, 1.807) is 35.4 Å². The molecule has 1 N–H and O–H groups in total. The van der Waals surface area contributed by atoms with Gasteiger partial charge < -0.3 is 5.32 Å². The van der Waals surface area contributed by atoms with E-state index in [0.29, 0.717) is 22.9 Å². The first-order valence-electron chi connectivity index (χ1n) is 9.05. The normalized spacial score (nSPS) is 11.1. The van der Waals surface area contributed by atoms with Crippen LogP contribution in [0.1, 0.15) is 5.56 Å². The van der Waals surface area contributed by atoms with Gasteiger partial charge in [0.25, 0.3) is 0 Å². The largest absolute Gasteiger partial charge is 0.323 e. The Kier molecular flexibility index (Phi) is 5.50. The van der Waals surface area contributed by atoms with Gasteiger partial charge in [-0.2, -0.15) is 5.10 Å². The molecule has 0 unspecified atom stereocenters. The van der Waals surface area contributed by atoms with E-state index in [-0.39, 0.29) is 12.5 Å². The summed E-state index contributed by atoms with van der Waals surface area (Å²) >= 11 is 6.11. The summed E-state index contributed by atoms with van der Waals surface area (Å²) in [5.74, 6) is -0.140. The number of benzene rings is 2. The number of hydrogen-bond donors (Lipinski definition) is 1. The van der Waals surface area contributed by atoms with E-state index < -0.39 is 0 Å². The van der Waals surface area contributed by atoms with Crippen molar-refractivity contribution in [3.63, 3.8) is 0 Å². The first-order valence-corrected chi connectivity index (χ1v) is 9.43. The number of carbonyl (C=O) groups excluding carboxylic acids is 1. The molecule has 29 heavy (non-hydrogen) atoms. The van der Waals surface area contributed by atoms with E-state index in [4.69, 9.17) is 11.6 Å². The molecule has 7 nitrogen and oxygen atoms in total. The molecule has 0 radical (unpaired) electrons. The van der Waals surface area contributed by atoms with Gasteiger partial charge in [-0.15, -0.1) is 0 Å². The van der Waals surface area contributed by atoms with E-state index in [1.165, 1.54) is 6.33 Å². The number of likely N-dealkylation sites (N-methyl/N-ethyl adjacent to an activating group) is 1. The molecule has 0 aliphatic heterocycles. The van der Waals surface area contributed by atoms with Crippen LogP contribution >= 0.6 is 11.6 Å². The topological polar surface area (TPSA) is 75.9 Å². The average molecular weight is 407 g/mol. The van der Waals surface area contributed by atoms with Crippen LogP contribution in [0.25, 0.3) is 16.6 Å². The Labute approximate surface area is 173 Å². The second-order valence-electron chi connectivity index (χ2n) is 6.75. The molecule has 0 bridgehead atoms. The number of fused-ring (bicyclic) bond motifs is 1. The average Bonchev–Trinajstić information content (AvgIpc) is 3.22. The van der Waals surface area contributed by atoms with Crippen LogP contribution in [0.5, 0.6) is 0 Å². The van der Waals surface area contributed by atoms with Gasteiger partial charge in [-0.25, -0.2) is 9.67 Å². The molecule has 1 amide bonds. The molecule has 4 aromatic rings. The minimum absolute atomic E-state index is 0.140. The Bertz CT molecular complexity index is 1150. The molecule has 0 fully saturated rings. The molecular formula is C21H19ClN6O. The molecule has 0 saturated carbocycles. The van der Waals surface area contributed by atoms with Gasteiger partial charge in [0.05, 0.1) is 23.4 Å². The Morgan fingerprint density at radius 1 is 1.21 bits per heavy atom. The number of anilines is 1. The SMILES string of the molecule is CN(CC(=O)Nc1cc(Cl)ccc1-n1cncn1)Cc1ccc2ncccc2c1. The van der Waals surface area contributed by atoms with Crippen LogP contribution in [-0.4, -0.2) is 44.1 Å². The summed E-state index contributed by atoms with van der Waals surface area (Å²) in [7, 11) is 1.91. The third-order valence-corrected chi connectivity index (χ3v) is 4.67. The van der Waals surface area contributed by atoms with Crippen LogP contribution < -0.4 is 5.32 Å². The lowest BCUT2D eigenvalue weighted by atomic mass is 10.1. The van der Waals surface area contributed by atoms with Gasteiger partial charge in [0, 0.05) is 23.2 Å². The first kappa shape index (κ1) is 19.0. The van der Waals surface area contributed by atoms with Crippen LogP contribution in [0.4, 0.5) is 5.69 Å². The van der Waals surface area contributed by atoms with Crippen molar-refractivity contribution in [2.24, 2.45) is 0 Å². The molecule has 2 aromatic heterocycles. The fourth-order valence-electron chi connectivity index (χ4n) is 3.17. The minimum atomic E-state index is -0.140. The highest BCUT2D eigenvalue weighted by Gasteiger charge is 2.12. The molecule has 4 rings (SSSR count). The standard InChI is InChI=1S/C21H19ClN6O/c1-27(11-15-4-6-18-16(9-15)3-2-8-24-18)12-21(29)26-19-10-17(22)5-7-20(19)28-14-23-13-25-28/h2-10,13-14H,11-12H2,1H3,(H,26,29). The number of rotatable bonds is 6. The number of amides is 1. The fourth-order valence-corrected chi connectivity index (χ4v) is 3.34. The zero-order valence-corrected chi connectivity index (χ0v) is 16.5. The predicted molar refractivity (Wildman–Crippen MR) is 113 cm³/mol. The number of aromatic nitrogens is 4. The van der Waals surface area contributed by atoms with Crippen molar-refractivity contribution in [2.75, 3.05) is 18.9 Å². The molecule has 0 aliphatic carbocycles. The smallest absolute Gasteiger partial charge is 0.238 e. The highest BCUT2D eigenvalue weighted by Crippen LogP contribution is 2.24. The van der Waals surface area contributed by atoms with Gasteiger partial charge in [0.1, 0.15) is 12.7 Å². The highest BCUT2D eigenvalue weighted by molar-refractivity contribution is 6.31. The van der Waals surface area contributed by atoms with Crippen LogP contribution in [0.15, 0.2) is 67.4 Å². The minimum Gasteiger partial charge on any atom is -0.323 e. The summed E-state index contributed by atoms with van der Waals surface area (Å²) in [6.07, 6.45) is 4.79. The van der Waals surface area contributed by atoms with Gasteiger partial charge in [0.15, 0.2) is 0 Å². The quantitative estimate of drug-likeness (QED) is 0.530. The molecule has 0 aliphatic rings. The molecule has 0 atom stereocenters. The summed E-state index contributed by atoms with van der Waals surface area (Å²) < 4.78 is 1.58. The van der Waals surface area contributed by atoms with E-state index >= 15 is 0 Å². The Morgan fingerprint density at radius 2 is 2.10 bits per heavy atom. The van der Waals surface area contributed by atoms with Crippen LogP contribution in [0.3, 0.4) is 0 Å². The Morgan fingerprint density at radius 3 is 2.93 bits per heavy atom. The molecule has 2 aromatic carbocycles. The zero-order chi connectivity index (χ0) is 20.2. The van der Waals surface area contributed by atoms with Crippen molar-refractivity contribution in [3.8, 4) is 5.69 Å². The number of carbonyl (C=O) groups is 1. The second kappa shape index (κ2) is 8.38. The van der Waals surface area contributed by atoms with Crippen LogP contribution in [0, 0.1) is 0 Å². The molecule has 0 saturated heterocycles. The van der Waals surface area contributed by atoms with Gasteiger partial charge >= 0.3 is 0 Å². The lowest BCUT2D eigenvalue weighted by Crippen LogP contribution is -2.30. The monoisotopic (exact) mass is 406 g/mol. The molecular weight excluding hydrogens is 388 g/mol. The highest BCUT2D eigenvalue weighted by atomic mass is 35.5. The molecule has 146 valence electrons. The maximum atomic E-state index is 12.6. The third kappa shape index (κ3) is 4.59. The van der Waals surface area contributed by atoms with Crippen molar-refractivity contribution in [1.82, 2.24) is 24.6 Å². The lowest BCUT2D eigenvalue weighted by Gasteiger charge is -2.18. The Balaban J connectivity index is 1.43. The molecule has 2 heterocycles. The van der Waals surface area contributed by atoms with Gasteiger partial charge in [0.2, 0.25) is 5.91 Å². The molecule has 8 heteroatoms.